The minimum Gasteiger partial charge on any atom is -0.494 e. The van der Waals surface area contributed by atoms with Crippen molar-refractivity contribution < 1.29 is 27.4 Å². The van der Waals surface area contributed by atoms with E-state index >= 15 is 0 Å². The number of sulfonamides is 1. The quantitative estimate of drug-likeness (QED) is 0.331. The maximum Gasteiger partial charge on any atom is 0.243 e. The summed E-state index contributed by atoms with van der Waals surface area (Å²) < 4.78 is 47.8. The van der Waals surface area contributed by atoms with Gasteiger partial charge in [0.15, 0.2) is 11.6 Å². The summed E-state index contributed by atoms with van der Waals surface area (Å²) in [6.45, 7) is 6.25. The average Bonchev–Trinajstić information content (AvgIpc) is 3.48. The van der Waals surface area contributed by atoms with Gasteiger partial charge in [-0.25, -0.2) is 18.4 Å². The van der Waals surface area contributed by atoms with Crippen LogP contribution in [0.4, 0.5) is 5.95 Å². The van der Waals surface area contributed by atoms with E-state index in [1.165, 1.54) is 45.0 Å². The minimum atomic E-state index is -4.28. The molecule has 12 nitrogen and oxygen atoms in total. The molecule has 3 aromatic heterocycles. The summed E-state index contributed by atoms with van der Waals surface area (Å²) >= 11 is 0. The second-order valence-corrected chi connectivity index (χ2v) is 10.6. The number of para-hydroxylation sites is 1. The lowest BCUT2D eigenvalue weighted by Crippen LogP contribution is -2.44. The molecule has 2 atom stereocenters. The van der Waals surface area contributed by atoms with E-state index in [9.17, 15) is 13.5 Å². The second-order valence-electron chi connectivity index (χ2n) is 8.62. The lowest BCUT2D eigenvalue weighted by atomic mass is 10.0. The van der Waals surface area contributed by atoms with Crippen molar-refractivity contribution in [3.8, 4) is 28.8 Å². The number of nitrogens with zero attached hydrogens (tertiary/aromatic N) is 5. The van der Waals surface area contributed by atoms with Crippen molar-refractivity contribution >= 4 is 16.0 Å². The predicted octanol–water partition coefficient (Wildman–Crippen LogP) is 2.99. The zero-order chi connectivity index (χ0) is 27.0. The molecule has 0 saturated carbocycles. The van der Waals surface area contributed by atoms with Crippen LogP contribution in [0, 0.1) is 13.8 Å². The van der Waals surface area contributed by atoms with Crippen molar-refractivity contribution in [3.05, 3.63) is 59.9 Å². The number of aryl methyl sites for hydroxylation is 2. The molecule has 0 bridgehead atoms. The molecule has 0 amide bonds. The van der Waals surface area contributed by atoms with Crippen molar-refractivity contribution in [3.63, 3.8) is 0 Å². The fourth-order valence-corrected chi connectivity index (χ4v) is 4.96. The number of hydrogen-bond donors (Lipinski definition) is 2. The molecule has 0 aliphatic heterocycles. The molecule has 0 radical (unpaired) electrons. The molecule has 0 aliphatic carbocycles. The maximum atomic E-state index is 13.5. The van der Waals surface area contributed by atoms with Crippen molar-refractivity contribution in [1.29, 1.82) is 0 Å². The molecule has 0 spiro atoms. The zero-order valence-electron chi connectivity index (χ0n) is 21.3. The SMILES string of the molecule is COc1cccc(OC)c1-n1c(NS(=O)(=O)C(C)C(C)(O)c2ncc(C)cn2)nnc1-c1ccc(C)o1. The molecule has 2 N–H and O–H groups in total. The zero-order valence-corrected chi connectivity index (χ0v) is 22.1. The van der Waals surface area contributed by atoms with Gasteiger partial charge in [0, 0.05) is 12.4 Å². The van der Waals surface area contributed by atoms with Crippen LogP contribution >= 0.6 is 0 Å². The molecule has 0 saturated heterocycles. The van der Waals surface area contributed by atoms with Crippen molar-refractivity contribution in [2.45, 2.75) is 38.5 Å². The van der Waals surface area contributed by atoms with Crippen LogP contribution in [0.5, 0.6) is 11.5 Å². The largest absolute Gasteiger partial charge is 0.494 e. The number of ether oxygens (including phenoxy) is 2. The molecule has 13 heteroatoms. The third-order valence-corrected chi connectivity index (χ3v) is 7.83. The number of aliphatic hydroxyl groups is 1. The van der Waals surface area contributed by atoms with E-state index in [0.717, 1.165) is 5.56 Å². The lowest BCUT2D eigenvalue weighted by molar-refractivity contribution is 0.0471. The first-order valence-corrected chi connectivity index (χ1v) is 12.8. The fraction of sp³-hybridized carbons (Fsp3) is 0.333. The third kappa shape index (κ3) is 4.87. The highest BCUT2D eigenvalue weighted by Gasteiger charge is 2.43. The standard InChI is InChI=1S/C24H28N6O6S/c1-14-12-25-22(26-13-14)24(4,31)16(3)37(32,33)29-23-28-27-21(19-11-10-15(2)36-19)30(23)20-17(34-5)8-7-9-18(20)35-6/h7-13,16,31H,1-6H3,(H,28,29). The Morgan fingerprint density at radius 3 is 2.22 bits per heavy atom. The Morgan fingerprint density at radius 2 is 1.68 bits per heavy atom. The first-order chi connectivity index (χ1) is 17.5. The highest BCUT2D eigenvalue weighted by Crippen LogP contribution is 2.38. The summed E-state index contributed by atoms with van der Waals surface area (Å²) in [5.41, 5.74) is -0.804. The number of nitrogens with one attached hydrogen (secondary N) is 1. The molecule has 196 valence electrons. The van der Waals surface area contributed by atoms with Crippen LogP contribution in [-0.2, 0) is 15.6 Å². The summed E-state index contributed by atoms with van der Waals surface area (Å²) in [7, 11) is -1.33. The maximum absolute atomic E-state index is 13.5. The highest BCUT2D eigenvalue weighted by molar-refractivity contribution is 7.93. The number of rotatable bonds is 9. The van der Waals surface area contributed by atoms with Crippen LogP contribution in [-0.4, -0.2) is 57.7 Å². The van der Waals surface area contributed by atoms with Gasteiger partial charge < -0.3 is 19.0 Å². The van der Waals surface area contributed by atoms with Gasteiger partial charge in [0.1, 0.15) is 33.8 Å². The highest BCUT2D eigenvalue weighted by atomic mass is 32.2. The first-order valence-electron chi connectivity index (χ1n) is 11.3. The Balaban J connectivity index is 1.84. The van der Waals surface area contributed by atoms with Crippen LogP contribution in [0.1, 0.15) is 31.0 Å². The van der Waals surface area contributed by atoms with Crippen molar-refractivity contribution in [2.75, 3.05) is 18.9 Å². The van der Waals surface area contributed by atoms with Gasteiger partial charge >= 0.3 is 0 Å². The number of methoxy groups -OCH3 is 2. The summed E-state index contributed by atoms with van der Waals surface area (Å²) in [5.74, 6) is 1.72. The van der Waals surface area contributed by atoms with Crippen LogP contribution in [0.3, 0.4) is 0 Å². The molecule has 0 fully saturated rings. The van der Waals surface area contributed by atoms with E-state index in [0.29, 0.717) is 28.7 Å². The van der Waals surface area contributed by atoms with Crippen LogP contribution in [0.2, 0.25) is 0 Å². The topological polar surface area (TPSA) is 154 Å². The second kappa shape index (κ2) is 9.82. The fourth-order valence-electron chi connectivity index (χ4n) is 3.68. The van der Waals surface area contributed by atoms with Gasteiger partial charge in [0.05, 0.1) is 14.2 Å². The monoisotopic (exact) mass is 528 g/mol. The summed E-state index contributed by atoms with van der Waals surface area (Å²) in [6.07, 6.45) is 3.01. The van der Waals surface area contributed by atoms with Gasteiger partial charge in [-0.2, -0.15) is 0 Å². The lowest BCUT2D eigenvalue weighted by Gasteiger charge is -2.28. The van der Waals surface area contributed by atoms with Gasteiger partial charge in [0.2, 0.25) is 21.8 Å². The number of hydrogen-bond acceptors (Lipinski definition) is 10. The van der Waals surface area contributed by atoms with E-state index in [-0.39, 0.29) is 17.6 Å². The molecule has 1 aromatic carbocycles. The van der Waals surface area contributed by atoms with Crippen molar-refractivity contribution in [1.82, 2.24) is 24.7 Å². The predicted molar refractivity (Wildman–Crippen MR) is 135 cm³/mol. The number of anilines is 1. The number of aromatic nitrogens is 5. The molecular formula is C24H28N6O6S. The Bertz CT molecular complexity index is 1490. The first kappa shape index (κ1) is 26.1. The average molecular weight is 529 g/mol. The smallest absolute Gasteiger partial charge is 0.243 e. The molecule has 4 aromatic rings. The molecule has 3 heterocycles. The van der Waals surface area contributed by atoms with Crippen LogP contribution in [0.15, 0.2) is 47.1 Å². The molecule has 4 rings (SSSR count). The van der Waals surface area contributed by atoms with Gasteiger partial charge in [-0.3, -0.25) is 9.29 Å². The normalized spacial score (nSPS) is 14.1. The molecule has 2 unspecified atom stereocenters. The third-order valence-electron chi connectivity index (χ3n) is 5.97. The minimum absolute atomic E-state index is 0.0319. The summed E-state index contributed by atoms with van der Waals surface area (Å²) in [5, 5.41) is 18.1. The number of benzene rings is 1. The van der Waals surface area contributed by atoms with Gasteiger partial charge in [-0.05, 0) is 57.5 Å². The molecular weight excluding hydrogens is 500 g/mol. The van der Waals surface area contributed by atoms with E-state index in [1.807, 2.05) is 0 Å². The van der Waals surface area contributed by atoms with Gasteiger partial charge in [-0.1, -0.05) is 6.07 Å². The van der Waals surface area contributed by atoms with Crippen molar-refractivity contribution in [2.24, 2.45) is 0 Å². The van der Waals surface area contributed by atoms with E-state index in [4.69, 9.17) is 13.9 Å². The molecule has 0 aliphatic rings. The Hall–Kier alpha value is -3.97. The van der Waals surface area contributed by atoms with Gasteiger partial charge in [-0.15, -0.1) is 10.2 Å². The summed E-state index contributed by atoms with van der Waals surface area (Å²) in [6, 6.07) is 8.55. The van der Waals surface area contributed by atoms with E-state index in [1.54, 1.807) is 44.2 Å². The van der Waals surface area contributed by atoms with Gasteiger partial charge in [0.25, 0.3) is 0 Å². The Labute approximate surface area is 214 Å². The summed E-state index contributed by atoms with van der Waals surface area (Å²) in [4.78, 5) is 8.23. The van der Waals surface area contributed by atoms with Crippen LogP contribution < -0.4 is 14.2 Å². The Morgan fingerprint density at radius 1 is 1.05 bits per heavy atom. The Kier molecular flexibility index (Phi) is 6.93. The van der Waals surface area contributed by atoms with E-state index in [2.05, 4.69) is 24.9 Å². The van der Waals surface area contributed by atoms with Crippen LogP contribution in [0.25, 0.3) is 17.3 Å². The molecule has 37 heavy (non-hydrogen) atoms. The number of furan rings is 1. The van der Waals surface area contributed by atoms with E-state index < -0.39 is 20.9 Å².